The van der Waals surface area contributed by atoms with Crippen LogP contribution in [0.3, 0.4) is 0 Å². The predicted octanol–water partition coefficient (Wildman–Crippen LogP) is 4.61. The van der Waals surface area contributed by atoms with Crippen molar-refractivity contribution in [2.75, 3.05) is 0 Å². The normalized spacial score (nSPS) is 16.9. The van der Waals surface area contributed by atoms with Crippen LogP contribution in [0.5, 0.6) is 0 Å². The molecule has 26 heavy (non-hydrogen) atoms. The van der Waals surface area contributed by atoms with Gasteiger partial charge in [0.15, 0.2) is 5.82 Å². The van der Waals surface area contributed by atoms with Crippen LogP contribution in [-0.2, 0) is 11.7 Å². The van der Waals surface area contributed by atoms with Gasteiger partial charge in [0.05, 0.1) is 11.1 Å². The quantitative estimate of drug-likeness (QED) is 0.718. The SMILES string of the molecule is NC1(c2noc(-c3csc(-c4cccc(C(F)(F)F)c4)n3)n2)CCCC1. The van der Waals surface area contributed by atoms with Crippen LogP contribution >= 0.6 is 11.3 Å². The van der Waals surface area contributed by atoms with Gasteiger partial charge in [-0.1, -0.05) is 30.1 Å². The number of nitrogens with two attached hydrogens (primary N) is 1. The molecule has 136 valence electrons. The van der Waals surface area contributed by atoms with Gasteiger partial charge in [0.1, 0.15) is 10.7 Å². The van der Waals surface area contributed by atoms with Crippen LogP contribution in [0.25, 0.3) is 22.2 Å². The van der Waals surface area contributed by atoms with Crippen molar-refractivity contribution in [3.8, 4) is 22.2 Å². The van der Waals surface area contributed by atoms with E-state index in [2.05, 4.69) is 15.1 Å². The van der Waals surface area contributed by atoms with E-state index in [1.165, 1.54) is 17.4 Å². The van der Waals surface area contributed by atoms with Gasteiger partial charge in [-0.25, -0.2) is 4.98 Å². The van der Waals surface area contributed by atoms with E-state index in [1.807, 2.05) is 0 Å². The first kappa shape index (κ1) is 17.2. The van der Waals surface area contributed by atoms with Crippen LogP contribution in [0.15, 0.2) is 34.2 Å². The summed E-state index contributed by atoms with van der Waals surface area (Å²) >= 11 is 1.22. The van der Waals surface area contributed by atoms with Gasteiger partial charge in [0, 0.05) is 10.9 Å². The standard InChI is InChI=1S/C17H15F3N4OS/c18-17(19,20)11-5-3-4-10(8-11)14-22-12(9-26-14)13-23-15(24-25-13)16(21)6-1-2-7-16/h3-5,8-9H,1-2,6-7,21H2. The molecule has 0 spiro atoms. The molecule has 5 nitrogen and oxygen atoms in total. The summed E-state index contributed by atoms with van der Waals surface area (Å²) in [7, 11) is 0. The van der Waals surface area contributed by atoms with Gasteiger partial charge in [-0.05, 0) is 25.0 Å². The maximum absolute atomic E-state index is 12.9. The van der Waals surface area contributed by atoms with Crippen molar-refractivity contribution in [2.24, 2.45) is 5.73 Å². The van der Waals surface area contributed by atoms with Crippen LogP contribution in [0.4, 0.5) is 13.2 Å². The van der Waals surface area contributed by atoms with E-state index in [-0.39, 0.29) is 5.89 Å². The molecule has 0 amide bonds. The monoisotopic (exact) mass is 380 g/mol. The van der Waals surface area contributed by atoms with E-state index in [9.17, 15) is 13.2 Å². The van der Waals surface area contributed by atoms with Crippen LogP contribution in [0.1, 0.15) is 37.1 Å². The van der Waals surface area contributed by atoms with E-state index in [0.29, 0.717) is 22.1 Å². The van der Waals surface area contributed by atoms with E-state index >= 15 is 0 Å². The summed E-state index contributed by atoms with van der Waals surface area (Å²) in [6, 6.07) is 5.06. The zero-order valence-electron chi connectivity index (χ0n) is 13.6. The van der Waals surface area contributed by atoms with Gasteiger partial charge in [0.25, 0.3) is 5.89 Å². The highest BCUT2D eigenvalue weighted by molar-refractivity contribution is 7.13. The average molecular weight is 380 g/mol. The van der Waals surface area contributed by atoms with Crippen molar-refractivity contribution in [3.63, 3.8) is 0 Å². The van der Waals surface area contributed by atoms with Gasteiger partial charge in [0.2, 0.25) is 0 Å². The van der Waals surface area contributed by atoms with Gasteiger partial charge in [-0.15, -0.1) is 11.3 Å². The molecule has 0 unspecified atom stereocenters. The summed E-state index contributed by atoms with van der Waals surface area (Å²) in [5, 5.41) is 6.12. The summed E-state index contributed by atoms with van der Waals surface area (Å²) in [5.41, 5.74) is 5.86. The van der Waals surface area contributed by atoms with Gasteiger partial charge in [-0.2, -0.15) is 18.2 Å². The van der Waals surface area contributed by atoms with Crippen molar-refractivity contribution >= 4 is 11.3 Å². The highest BCUT2D eigenvalue weighted by Crippen LogP contribution is 2.37. The Morgan fingerprint density at radius 3 is 2.65 bits per heavy atom. The van der Waals surface area contributed by atoms with E-state index in [0.717, 1.165) is 37.8 Å². The molecule has 1 fully saturated rings. The number of alkyl halides is 3. The molecular formula is C17H15F3N4OS. The first-order valence-corrected chi connectivity index (χ1v) is 9.00. The van der Waals surface area contributed by atoms with Crippen LogP contribution in [0.2, 0.25) is 0 Å². The largest absolute Gasteiger partial charge is 0.416 e. The molecule has 0 radical (unpaired) electrons. The summed E-state index contributed by atoms with van der Waals surface area (Å²) in [4.78, 5) is 8.71. The molecule has 3 aromatic rings. The molecule has 0 bridgehead atoms. The fourth-order valence-electron chi connectivity index (χ4n) is 3.09. The zero-order valence-corrected chi connectivity index (χ0v) is 14.4. The fraction of sp³-hybridized carbons (Fsp3) is 0.353. The van der Waals surface area contributed by atoms with E-state index < -0.39 is 17.3 Å². The number of hydrogen-bond acceptors (Lipinski definition) is 6. The maximum atomic E-state index is 12.9. The number of halogens is 3. The molecule has 4 rings (SSSR count). The van der Waals surface area contributed by atoms with Gasteiger partial charge >= 0.3 is 6.18 Å². The Bertz CT molecular complexity index is 928. The van der Waals surface area contributed by atoms with Crippen LogP contribution < -0.4 is 5.73 Å². The molecule has 0 atom stereocenters. The Hall–Kier alpha value is -2.26. The van der Waals surface area contributed by atoms with Crippen LogP contribution in [0, 0.1) is 0 Å². The molecular weight excluding hydrogens is 365 g/mol. The van der Waals surface area contributed by atoms with Crippen molar-refractivity contribution in [1.82, 2.24) is 15.1 Å². The molecule has 1 aliphatic carbocycles. The molecule has 9 heteroatoms. The number of benzene rings is 1. The smallest absolute Gasteiger partial charge is 0.332 e. The topological polar surface area (TPSA) is 77.8 Å². The second-order valence-electron chi connectivity index (χ2n) is 6.40. The van der Waals surface area contributed by atoms with Gasteiger partial charge < -0.3 is 10.3 Å². The minimum atomic E-state index is -4.39. The summed E-state index contributed by atoms with van der Waals surface area (Å²) < 4.78 is 43.9. The first-order valence-electron chi connectivity index (χ1n) is 8.12. The molecule has 2 N–H and O–H groups in total. The molecule has 1 aromatic carbocycles. The predicted molar refractivity (Wildman–Crippen MR) is 90.2 cm³/mol. The van der Waals surface area contributed by atoms with Crippen molar-refractivity contribution in [2.45, 2.75) is 37.4 Å². The van der Waals surface area contributed by atoms with Gasteiger partial charge in [-0.3, -0.25) is 0 Å². The second kappa shape index (κ2) is 6.17. The Labute approximate surface area is 151 Å². The minimum absolute atomic E-state index is 0.228. The molecule has 0 saturated heterocycles. The Kier molecular flexibility index (Phi) is 4.07. The Balaban J connectivity index is 1.62. The summed E-state index contributed by atoms with van der Waals surface area (Å²) in [6.45, 7) is 0. The molecule has 0 aliphatic heterocycles. The highest BCUT2D eigenvalue weighted by atomic mass is 32.1. The molecule has 1 aliphatic rings. The lowest BCUT2D eigenvalue weighted by molar-refractivity contribution is -0.137. The van der Waals surface area contributed by atoms with E-state index in [1.54, 1.807) is 11.4 Å². The maximum Gasteiger partial charge on any atom is 0.416 e. The Morgan fingerprint density at radius 1 is 1.15 bits per heavy atom. The summed E-state index contributed by atoms with van der Waals surface area (Å²) in [6.07, 6.45) is -0.737. The lowest BCUT2D eigenvalue weighted by atomic mass is 9.99. The third-order valence-electron chi connectivity index (χ3n) is 4.53. The molecule has 2 aromatic heterocycles. The number of rotatable bonds is 3. The zero-order chi connectivity index (χ0) is 18.4. The fourth-order valence-corrected chi connectivity index (χ4v) is 3.88. The molecule has 2 heterocycles. The lowest BCUT2D eigenvalue weighted by Gasteiger charge is -2.17. The van der Waals surface area contributed by atoms with Crippen molar-refractivity contribution < 1.29 is 17.7 Å². The number of aromatic nitrogens is 3. The third-order valence-corrected chi connectivity index (χ3v) is 5.42. The third kappa shape index (κ3) is 3.12. The van der Waals surface area contributed by atoms with Crippen LogP contribution in [-0.4, -0.2) is 15.1 Å². The second-order valence-corrected chi connectivity index (χ2v) is 7.26. The Morgan fingerprint density at radius 2 is 1.92 bits per heavy atom. The highest BCUT2D eigenvalue weighted by Gasteiger charge is 2.36. The first-order chi connectivity index (χ1) is 12.4. The minimum Gasteiger partial charge on any atom is -0.332 e. The van der Waals surface area contributed by atoms with Crippen molar-refractivity contribution in [3.05, 3.63) is 41.0 Å². The van der Waals surface area contributed by atoms with E-state index in [4.69, 9.17) is 10.3 Å². The lowest BCUT2D eigenvalue weighted by Crippen LogP contribution is -2.34. The van der Waals surface area contributed by atoms with Crippen molar-refractivity contribution in [1.29, 1.82) is 0 Å². The number of thiazole rings is 1. The molecule has 1 saturated carbocycles. The summed E-state index contributed by atoms with van der Waals surface area (Å²) in [5.74, 6) is 0.685. The number of hydrogen-bond donors (Lipinski definition) is 1. The number of nitrogens with zero attached hydrogens (tertiary/aromatic N) is 3. The average Bonchev–Trinajstić information content (AvgIpc) is 3.34.